The summed E-state index contributed by atoms with van der Waals surface area (Å²) in [5, 5.41) is 1.09. The van der Waals surface area contributed by atoms with Crippen LogP contribution in [-0.2, 0) is 0 Å². The van der Waals surface area contributed by atoms with Gasteiger partial charge in [-0.25, -0.2) is 0 Å². The molecule has 2 aromatic rings. The molecule has 0 bridgehead atoms. The van der Waals surface area contributed by atoms with Crippen LogP contribution in [0.15, 0.2) is 4.42 Å². The Morgan fingerprint density at radius 2 is 1.33 bits per heavy atom. The van der Waals surface area contributed by atoms with Crippen molar-refractivity contribution >= 4 is 16.7 Å². The molecule has 0 amide bonds. The van der Waals surface area contributed by atoms with Crippen molar-refractivity contribution in [3.63, 3.8) is 0 Å². The minimum atomic E-state index is 0.786. The van der Waals surface area contributed by atoms with E-state index in [-0.39, 0.29) is 0 Å². The highest BCUT2D eigenvalue weighted by Gasteiger charge is 2.16. The molecule has 80 valence electrons. The number of hydrogen-bond donors (Lipinski definition) is 1. The molecule has 1 heterocycles. The van der Waals surface area contributed by atoms with Crippen molar-refractivity contribution in [1.29, 1.82) is 0 Å². The van der Waals surface area contributed by atoms with Gasteiger partial charge in [-0.1, -0.05) is 0 Å². The van der Waals surface area contributed by atoms with Crippen LogP contribution >= 0.6 is 0 Å². The summed E-state index contributed by atoms with van der Waals surface area (Å²) in [5.41, 5.74) is 12.8. The van der Waals surface area contributed by atoms with Crippen LogP contribution in [0.5, 0.6) is 0 Å². The summed E-state index contributed by atoms with van der Waals surface area (Å²) in [6, 6.07) is 0. The molecule has 0 atom stereocenters. The molecule has 2 N–H and O–H groups in total. The van der Waals surface area contributed by atoms with Crippen molar-refractivity contribution in [3.8, 4) is 0 Å². The van der Waals surface area contributed by atoms with Gasteiger partial charge in [-0.05, 0) is 56.9 Å². The fourth-order valence-corrected chi connectivity index (χ4v) is 2.11. The Morgan fingerprint density at radius 3 is 1.93 bits per heavy atom. The van der Waals surface area contributed by atoms with Crippen molar-refractivity contribution in [2.45, 2.75) is 34.6 Å². The molecule has 2 heteroatoms. The largest absolute Gasteiger partial charge is 0.459 e. The molecule has 2 nitrogen and oxygen atoms in total. The van der Waals surface area contributed by atoms with Crippen LogP contribution in [0.4, 0.5) is 5.69 Å². The second-order valence-corrected chi connectivity index (χ2v) is 4.28. The van der Waals surface area contributed by atoms with Crippen LogP contribution in [0.3, 0.4) is 0 Å². The first-order valence-electron chi connectivity index (χ1n) is 5.20. The van der Waals surface area contributed by atoms with Crippen LogP contribution in [0.25, 0.3) is 11.0 Å². The molecule has 1 aromatic carbocycles. The van der Waals surface area contributed by atoms with Gasteiger partial charge in [0.05, 0.1) is 5.69 Å². The van der Waals surface area contributed by atoms with E-state index in [1.165, 1.54) is 22.3 Å². The van der Waals surface area contributed by atoms with Crippen LogP contribution < -0.4 is 5.73 Å². The summed E-state index contributed by atoms with van der Waals surface area (Å²) in [7, 11) is 0. The number of aryl methyl sites for hydroxylation is 3. The number of hydrogen-bond acceptors (Lipinski definition) is 2. The summed E-state index contributed by atoms with van der Waals surface area (Å²) in [5.74, 6) is 0.821. The number of benzene rings is 1. The first-order valence-corrected chi connectivity index (χ1v) is 5.20. The van der Waals surface area contributed by atoms with Crippen molar-refractivity contribution in [3.05, 3.63) is 28.0 Å². The lowest BCUT2D eigenvalue weighted by molar-refractivity contribution is 0.578. The van der Waals surface area contributed by atoms with Gasteiger partial charge in [0.1, 0.15) is 11.3 Å². The number of furan rings is 1. The van der Waals surface area contributed by atoms with Crippen molar-refractivity contribution < 1.29 is 4.42 Å². The Kier molecular flexibility index (Phi) is 2.03. The number of anilines is 1. The van der Waals surface area contributed by atoms with Crippen molar-refractivity contribution in [1.82, 2.24) is 0 Å². The minimum Gasteiger partial charge on any atom is -0.459 e. The molecule has 1 aromatic heterocycles. The SMILES string of the molecule is Cc1oc2c(C)c(C)c(C)c(C)c2c1N. The molecule has 0 aliphatic rings. The zero-order chi connectivity index (χ0) is 11.3. The standard InChI is InChI=1S/C13H17NO/c1-6-7(2)9(4)13-11(8(6)3)12(14)10(5)15-13/h14H2,1-5H3. The number of nitrogens with two attached hydrogens (primary N) is 1. The monoisotopic (exact) mass is 203 g/mol. The third-order valence-electron chi connectivity index (χ3n) is 3.53. The maximum Gasteiger partial charge on any atom is 0.139 e. The van der Waals surface area contributed by atoms with E-state index in [0.29, 0.717) is 0 Å². The van der Waals surface area contributed by atoms with Gasteiger partial charge < -0.3 is 10.2 Å². The lowest BCUT2D eigenvalue weighted by atomic mass is 9.95. The van der Waals surface area contributed by atoms with Gasteiger partial charge in [-0.15, -0.1) is 0 Å². The van der Waals surface area contributed by atoms with Crippen molar-refractivity contribution in [2.75, 3.05) is 5.73 Å². The first kappa shape index (κ1) is 10.1. The van der Waals surface area contributed by atoms with E-state index >= 15 is 0 Å². The second kappa shape index (κ2) is 3.02. The predicted octanol–water partition coefficient (Wildman–Crippen LogP) is 3.56. The topological polar surface area (TPSA) is 39.2 Å². The van der Waals surface area contributed by atoms with E-state index in [0.717, 1.165) is 22.4 Å². The van der Waals surface area contributed by atoms with E-state index in [2.05, 4.69) is 27.7 Å². The Balaban J connectivity index is 3.07. The Labute approximate surface area is 90.1 Å². The van der Waals surface area contributed by atoms with E-state index in [1.54, 1.807) is 0 Å². The zero-order valence-corrected chi connectivity index (χ0v) is 9.99. The molecule has 0 saturated carbocycles. The molecule has 0 aliphatic heterocycles. The molecular formula is C13H17NO. The quantitative estimate of drug-likeness (QED) is 0.711. The first-order chi connectivity index (χ1) is 6.95. The summed E-state index contributed by atoms with van der Waals surface area (Å²) in [6.45, 7) is 10.4. The molecule has 0 fully saturated rings. The Bertz CT molecular complexity index is 550. The third kappa shape index (κ3) is 1.17. The fraction of sp³-hybridized carbons (Fsp3) is 0.385. The number of rotatable bonds is 0. The maximum absolute atomic E-state index is 6.03. The van der Waals surface area contributed by atoms with Crippen molar-refractivity contribution in [2.24, 2.45) is 0 Å². The highest BCUT2D eigenvalue weighted by atomic mass is 16.3. The van der Waals surface area contributed by atoms with Gasteiger partial charge >= 0.3 is 0 Å². The van der Waals surface area contributed by atoms with E-state index in [9.17, 15) is 0 Å². The molecule has 15 heavy (non-hydrogen) atoms. The predicted molar refractivity (Wildman–Crippen MR) is 64.3 cm³/mol. The smallest absolute Gasteiger partial charge is 0.139 e. The van der Waals surface area contributed by atoms with Crippen LogP contribution in [-0.4, -0.2) is 0 Å². The Morgan fingerprint density at radius 1 is 0.800 bits per heavy atom. The van der Waals surface area contributed by atoms with E-state index < -0.39 is 0 Å². The van der Waals surface area contributed by atoms with Gasteiger partial charge in [-0.2, -0.15) is 0 Å². The maximum atomic E-state index is 6.03. The van der Waals surface area contributed by atoms with Gasteiger partial charge in [0.2, 0.25) is 0 Å². The molecular weight excluding hydrogens is 186 g/mol. The second-order valence-electron chi connectivity index (χ2n) is 4.28. The fourth-order valence-electron chi connectivity index (χ4n) is 2.11. The molecule has 2 rings (SSSR count). The summed E-state index contributed by atoms with van der Waals surface area (Å²) >= 11 is 0. The van der Waals surface area contributed by atoms with Gasteiger partial charge in [0, 0.05) is 5.39 Å². The average Bonchev–Trinajstić information content (AvgIpc) is 2.50. The molecule has 0 aliphatic carbocycles. The normalized spacial score (nSPS) is 11.3. The van der Waals surface area contributed by atoms with Crippen LogP contribution in [0.2, 0.25) is 0 Å². The summed E-state index contributed by atoms with van der Waals surface area (Å²) in [4.78, 5) is 0. The van der Waals surface area contributed by atoms with Crippen LogP contribution in [0.1, 0.15) is 28.0 Å². The number of fused-ring (bicyclic) bond motifs is 1. The molecule has 0 saturated heterocycles. The van der Waals surface area contributed by atoms with E-state index in [1.807, 2.05) is 6.92 Å². The van der Waals surface area contributed by atoms with Gasteiger partial charge in [0.25, 0.3) is 0 Å². The minimum absolute atomic E-state index is 0.786. The van der Waals surface area contributed by atoms with E-state index in [4.69, 9.17) is 10.2 Å². The lowest BCUT2D eigenvalue weighted by Gasteiger charge is -2.09. The highest BCUT2D eigenvalue weighted by Crippen LogP contribution is 2.36. The summed E-state index contributed by atoms with van der Waals surface area (Å²) in [6.07, 6.45) is 0. The zero-order valence-electron chi connectivity index (χ0n) is 9.99. The summed E-state index contributed by atoms with van der Waals surface area (Å²) < 4.78 is 5.72. The number of nitrogen functional groups attached to an aromatic ring is 1. The highest BCUT2D eigenvalue weighted by molar-refractivity contribution is 5.97. The lowest BCUT2D eigenvalue weighted by Crippen LogP contribution is -1.94. The van der Waals surface area contributed by atoms with Gasteiger partial charge in [-0.3, -0.25) is 0 Å². The average molecular weight is 203 g/mol. The molecule has 0 radical (unpaired) electrons. The molecule has 0 unspecified atom stereocenters. The van der Waals surface area contributed by atoms with Gasteiger partial charge in [0.15, 0.2) is 0 Å². The molecule has 0 spiro atoms. The Hall–Kier alpha value is -1.44. The van der Waals surface area contributed by atoms with Crippen LogP contribution in [0, 0.1) is 34.6 Å². The third-order valence-corrected chi connectivity index (χ3v) is 3.53.